The fourth-order valence-corrected chi connectivity index (χ4v) is 1.56. The smallest absolute Gasteiger partial charge is 0.306 e. The molecule has 1 rings (SSSR count). The molecule has 1 N–H and O–H groups in total. The van der Waals surface area contributed by atoms with Crippen LogP contribution >= 0.6 is 15.9 Å². The quantitative estimate of drug-likeness (QED) is 0.923. The second-order valence-corrected chi connectivity index (χ2v) is 4.21. The van der Waals surface area contributed by atoms with Crippen LogP contribution in [-0.2, 0) is 11.2 Å². The number of hydrogen-bond donors (Lipinski definition) is 1. The molecule has 1 atom stereocenters. The minimum atomic E-state index is -1.07. The highest BCUT2D eigenvalue weighted by Crippen LogP contribution is 2.21. The number of halogens is 3. The van der Waals surface area contributed by atoms with Gasteiger partial charge in [-0.25, -0.2) is 8.78 Å². The predicted octanol–water partition coefficient (Wildman–Crippen LogP) is 2.99. The summed E-state index contributed by atoms with van der Waals surface area (Å²) in [6.45, 7) is 1.41. The number of aliphatic carboxylic acids is 1. The highest BCUT2D eigenvalue weighted by Gasteiger charge is 2.18. The van der Waals surface area contributed by atoms with Gasteiger partial charge in [0, 0.05) is 10.0 Å². The Labute approximate surface area is 94.0 Å². The molecule has 82 valence electrons. The van der Waals surface area contributed by atoms with Crippen LogP contribution < -0.4 is 0 Å². The maximum atomic E-state index is 13.3. The van der Waals surface area contributed by atoms with Gasteiger partial charge >= 0.3 is 5.97 Å². The Bertz CT molecular complexity index is 370. The summed E-state index contributed by atoms with van der Waals surface area (Å²) < 4.78 is 26.8. The number of carboxylic acids is 1. The molecule has 0 aliphatic carbocycles. The van der Waals surface area contributed by atoms with Gasteiger partial charge < -0.3 is 5.11 Å². The van der Waals surface area contributed by atoms with Crippen LogP contribution in [0.3, 0.4) is 0 Å². The second kappa shape index (κ2) is 4.70. The molecule has 0 spiro atoms. The normalized spacial score (nSPS) is 12.5. The zero-order valence-corrected chi connectivity index (χ0v) is 9.51. The fraction of sp³-hybridized carbons (Fsp3) is 0.300. The van der Waals surface area contributed by atoms with E-state index in [0.29, 0.717) is 4.47 Å². The molecule has 0 saturated heterocycles. The van der Waals surface area contributed by atoms with Gasteiger partial charge in [0.25, 0.3) is 0 Å². The molecule has 2 nitrogen and oxygen atoms in total. The largest absolute Gasteiger partial charge is 0.481 e. The summed E-state index contributed by atoms with van der Waals surface area (Å²) in [6.07, 6.45) is -0.153. The summed E-state index contributed by atoms with van der Waals surface area (Å²) in [7, 11) is 0. The van der Waals surface area contributed by atoms with Gasteiger partial charge in [-0.15, -0.1) is 0 Å². The van der Waals surface area contributed by atoms with E-state index in [-0.39, 0.29) is 12.0 Å². The molecule has 0 fully saturated rings. The van der Waals surface area contributed by atoms with E-state index in [1.54, 1.807) is 0 Å². The van der Waals surface area contributed by atoms with Gasteiger partial charge in [-0.1, -0.05) is 22.9 Å². The van der Waals surface area contributed by atoms with Crippen molar-refractivity contribution in [3.8, 4) is 0 Å². The lowest BCUT2D eigenvalue weighted by Crippen LogP contribution is -2.14. The molecule has 0 radical (unpaired) electrons. The standard InChI is InChI=1S/C10H9BrF2O2/c1-5(10(14)15)2-7-8(12)3-6(11)4-9(7)13/h3-5H,2H2,1H3,(H,14,15). The van der Waals surface area contributed by atoms with Crippen molar-refractivity contribution in [2.24, 2.45) is 5.92 Å². The first-order valence-electron chi connectivity index (χ1n) is 4.28. The molecule has 1 unspecified atom stereocenters. The zero-order chi connectivity index (χ0) is 11.6. The van der Waals surface area contributed by atoms with E-state index in [0.717, 1.165) is 12.1 Å². The molecular formula is C10H9BrF2O2. The van der Waals surface area contributed by atoms with Crippen molar-refractivity contribution in [1.82, 2.24) is 0 Å². The number of carboxylic acid groups (broad SMARTS) is 1. The van der Waals surface area contributed by atoms with Crippen LogP contribution in [0.4, 0.5) is 8.78 Å². The van der Waals surface area contributed by atoms with E-state index in [2.05, 4.69) is 15.9 Å². The van der Waals surface area contributed by atoms with E-state index in [1.807, 2.05) is 0 Å². The van der Waals surface area contributed by atoms with Crippen molar-refractivity contribution < 1.29 is 18.7 Å². The number of rotatable bonds is 3. The summed E-state index contributed by atoms with van der Waals surface area (Å²) in [6, 6.07) is 2.24. The molecule has 0 amide bonds. The minimum Gasteiger partial charge on any atom is -0.481 e. The molecule has 1 aromatic carbocycles. The van der Waals surface area contributed by atoms with E-state index in [1.165, 1.54) is 6.92 Å². The minimum absolute atomic E-state index is 0.153. The number of benzene rings is 1. The van der Waals surface area contributed by atoms with Gasteiger partial charge in [0.2, 0.25) is 0 Å². The average molecular weight is 279 g/mol. The molecular weight excluding hydrogens is 270 g/mol. The van der Waals surface area contributed by atoms with Gasteiger partial charge in [0.05, 0.1) is 5.92 Å². The van der Waals surface area contributed by atoms with Gasteiger partial charge in [-0.3, -0.25) is 4.79 Å². The fourth-order valence-electron chi connectivity index (χ4n) is 1.16. The number of carbonyl (C=O) groups is 1. The maximum absolute atomic E-state index is 13.3. The second-order valence-electron chi connectivity index (χ2n) is 3.29. The third-order valence-corrected chi connectivity index (χ3v) is 2.50. The third kappa shape index (κ3) is 2.99. The molecule has 0 aliphatic rings. The first-order chi connectivity index (χ1) is 6.91. The Morgan fingerprint density at radius 1 is 1.47 bits per heavy atom. The Morgan fingerprint density at radius 3 is 2.33 bits per heavy atom. The molecule has 0 bridgehead atoms. The van der Waals surface area contributed by atoms with E-state index >= 15 is 0 Å². The summed E-state index contributed by atoms with van der Waals surface area (Å²) in [5.41, 5.74) is -0.187. The topological polar surface area (TPSA) is 37.3 Å². The van der Waals surface area contributed by atoms with Crippen molar-refractivity contribution in [3.63, 3.8) is 0 Å². The van der Waals surface area contributed by atoms with Crippen molar-refractivity contribution in [3.05, 3.63) is 33.8 Å². The van der Waals surface area contributed by atoms with Gasteiger partial charge in [-0.2, -0.15) is 0 Å². The molecule has 0 heterocycles. The highest BCUT2D eigenvalue weighted by atomic mass is 79.9. The lowest BCUT2D eigenvalue weighted by Gasteiger charge is -2.08. The molecule has 0 saturated carbocycles. The van der Waals surface area contributed by atoms with E-state index in [4.69, 9.17) is 5.11 Å². The van der Waals surface area contributed by atoms with Crippen LogP contribution in [0.5, 0.6) is 0 Å². The Balaban J connectivity index is 3.00. The summed E-state index contributed by atoms with van der Waals surface area (Å²) in [4.78, 5) is 10.5. The molecule has 1 aromatic rings. The third-order valence-electron chi connectivity index (χ3n) is 2.04. The van der Waals surface area contributed by atoms with Crippen LogP contribution in [0.2, 0.25) is 0 Å². The Kier molecular flexibility index (Phi) is 3.79. The summed E-state index contributed by atoms with van der Waals surface area (Å²) in [5.74, 6) is -3.34. The molecule has 0 aromatic heterocycles. The lowest BCUT2D eigenvalue weighted by molar-refractivity contribution is -0.141. The van der Waals surface area contributed by atoms with Crippen LogP contribution in [0.25, 0.3) is 0 Å². The molecule has 0 aliphatic heterocycles. The summed E-state index contributed by atoms with van der Waals surface area (Å²) >= 11 is 2.95. The molecule has 5 heteroatoms. The van der Waals surface area contributed by atoms with E-state index in [9.17, 15) is 13.6 Å². The summed E-state index contributed by atoms with van der Waals surface area (Å²) in [5, 5.41) is 8.63. The first-order valence-corrected chi connectivity index (χ1v) is 5.07. The Hall–Kier alpha value is -0.970. The van der Waals surface area contributed by atoms with Crippen molar-refractivity contribution in [2.75, 3.05) is 0 Å². The monoisotopic (exact) mass is 278 g/mol. The van der Waals surface area contributed by atoms with Crippen molar-refractivity contribution in [1.29, 1.82) is 0 Å². The van der Waals surface area contributed by atoms with Gasteiger partial charge in [-0.05, 0) is 18.6 Å². The van der Waals surface area contributed by atoms with Gasteiger partial charge in [0.15, 0.2) is 0 Å². The van der Waals surface area contributed by atoms with Crippen molar-refractivity contribution in [2.45, 2.75) is 13.3 Å². The SMILES string of the molecule is CC(Cc1c(F)cc(Br)cc1F)C(=O)O. The van der Waals surface area contributed by atoms with Crippen LogP contribution in [0.1, 0.15) is 12.5 Å². The average Bonchev–Trinajstić information content (AvgIpc) is 2.10. The lowest BCUT2D eigenvalue weighted by atomic mass is 10.0. The Morgan fingerprint density at radius 2 is 1.93 bits per heavy atom. The highest BCUT2D eigenvalue weighted by molar-refractivity contribution is 9.10. The zero-order valence-electron chi connectivity index (χ0n) is 7.93. The van der Waals surface area contributed by atoms with Crippen LogP contribution in [0.15, 0.2) is 16.6 Å². The molecule has 15 heavy (non-hydrogen) atoms. The van der Waals surface area contributed by atoms with Crippen molar-refractivity contribution >= 4 is 21.9 Å². The van der Waals surface area contributed by atoms with Gasteiger partial charge in [0.1, 0.15) is 11.6 Å². The number of hydrogen-bond acceptors (Lipinski definition) is 1. The van der Waals surface area contributed by atoms with Crippen LogP contribution in [-0.4, -0.2) is 11.1 Å². The van der Waals surface area contributed by atoms with E-state index < -0.39 is 23.5 Å². The maximum Gasteiger partial charge on any atom is 0.306 e. The van der Waals surface area contributed by atoms with Crippen LogP contribution in [0, 0.1) is 17.6 Å². The first kappa shape index (κ1) is 12.1. The predicted molar refractivity (Wildman–Crippen MR) is 54.6 cm³/mol.